The molecular weight excluding hydrogens is 557 g/mol. The lowest BCUT2D eigenvalue weighted by atomic mass is 9.82. The van der Waals surface area contributed by atoms with Gasteiger partial charge in [0.05, 0.1) is 11.3 Å². The minimum absolute atomic E-state index is 0.169. The molecule has 0 spiro atoms. The second-order valence-corrected chi connectivity index (χ2v) is 13.1. The fraction of sp³-hybridized carbons (Fsp3) is 0.111. The van der Waals surface area contributed by atoms with Crippen LogP contribution in [0.2, 0.25) is 0 Å². The van der Waals surface area contributed by atoms with E-state index in [9.17, 15) is 9.59 Å². The van der Waals surface area contributed by atoms with Crippen LogP contribution >= 0.6 is 22.7 Å². The van der Waals surface area contributed by atoms with Gasteiger partial charge in [-0.1, -0.05) is 68.0 Å². The van der Waals surface area contributed by atoms with E-state index in [2.05, 4.69) is 85.5 Å². The number of carbonyl (C=O) groups is 2. The molecule has 5 aromatic rings. The summed E-state index contributed by atoms with van der Waals surface area (Å²) in [6, 6.07) is 27.3. The molecule has 2 aliphatic rings. The fourth-order valence-corrected chi connectivity index (χ4v) is 8.10. The van der Waals surface area contributed by atoms with Gasteiger partial charge < -0.3 is 10.6 Å². The van der Waals surface area contributed by atoms with Gasteiger partial charge in [-0.15, -0.1) is 11.3 Å². The molecule has 7 rings (SSSR count). The Balaban J connectivity index is 1.24. The van der Waals surface area contributed by atoms with Gasteiger partial charge in [-0.05, 0) is 58.8 Å². The third kappa shape index (κ3) is 4.26. The molecule has 0 unspecified atom stereocenters. The number of nitrogens with zero attached hydrogens (tertiary/aromatic N) is 1. The Morgan fingerprint density at radius 1 is 0.857 bits per heavy atom. The number of ketones is 2. The van der Waals surface area contributed by atoms with Gasteiger partial charge in [-0.3, -0.25) is 9.59 Å². The Hall–Kier alpha value is -4.52. The van der Waals surface area contributed by atoms with Crippen LogP contribution in [0, 0.1) is 0 Å². The number of anilines is 2. The molecule has 4 nitrogen and oxygen atoms in total. The van der Waals surface area contributed by atoms with Gasteiger partial charge in [0.1, 0.15) is 0 Å². The number of Topliss-reactive ketones (excluding diaryl/α,β-unsaturated/α-hetero) is 2. The Labute approximate surface area is 252 Å². The van der Waals surface area contributed by atoms with E-state index >= 15 is 0 Å². The van der Waals surface area contributed by atoms with Crippen molar-refractivity contribution >= 4 is 62.5 Å². The molecule has 0 fully saturated rings. The van der Waals surface area contributed by atoms with Crippen LogP contribution in [0.3, 0.4) is 0 Å². The highest BCUT2D eigenvalue weighted by atomic mass is 32.1. The van der Waals surface area contributed by atoms with Crippen LogP contribution in [0.25, 0.3) is 16.8 Å². The van der Waals surface area contributed by atoms with Gasteiger partial charge >= 0.3 is 0 Å². The highest BCUT2D eigenvalue weighted by Gasteiger charge is 2.38. The normalized spacial score (nSPS) is 16.8. The molecular formula is C36H28N2O2S2. The van der Waals surface area contributed by atoms with Crippen molar-refractivity contribution in [2.24, 2.45) is 5.73 Å². The zero-order chi connectivity index (χ0) is 29.0. The van der Waals surface area contributed by atoms with Crippen molar-refractivity contribution in [2.45, 2.75) is 25.7 Å². The van der Waals surface area contributed by atoms with E-state index in [0.717, 1.165) is 28.4 Å². The summed E-state index contributed by atoms with van der Waals surface area (Å²) in [6.45, 7) is 4.46. The van der Waals surface area contributed by atoms with Gasteiger partial charge in [0, 0.05) is 61.1 Å². The predicted octanol–water partition coefficient (Wildman–Crippen LogP) is 8.82. The van der Waals surface area contributed by atoms with Crippen molar-refractivity contribution < 1.29 is 9.59 Å². The molecule has 3 aromatic carbocycles. The van der Waals surface area contributed by atoms with E-state index in [1.807, 2.05) is 18.2 Å². The second kappa shape index (κ2) is 10.1. The first-order valence-electron chi connectivity index (χ1n) is 13.8. The lowest BCUT2D eigenvalue weighted by Crippen LogP contribution is -2.20. The third-order valence-corrected chi connectivity index (χ3v) is 10.2. The Morgan fingerprint density at radius 2 is 1.55 bits per heavy atom. The van der Waals surface area contributed by atoms with Gasteiger partial charge in [0.2, 0.25) is 0 Å². The van der Waals surface area contributed by atoms with Crippen LogP contribution in [0.15, 0.2) is 119 Å². The fourth-order valence-electron chi connectivity index (χ4n) is 6.00. The van der Waals surface area contributed by atoms with Crippen LogP contribution in [0.1, 0.15) is 49.9 Å². The minimum atomic E-state index is -0.246. The van der Waals surface area contributed by atoms with Crippen molar-refractivity contribution in [3.63, 3.8) is 0 Å². The number of allylic oxidation sites excluding steroid dienone is 3. The molecule has 0 bridgehead atoms. The van der Waals surface area contributed by atoms with Gasteiger partial charge in [-0.2, -0.15) is 11.3 Å². The van der Waals surface area contributed by atoms with Crippen LogP contribution in [0.5, 0.6) is 0 Å². The minimum Gasteiger partial charge on any atom is -0.403 e. The number of carbonyl (C=O) groups excluding carboxylic acids is 2. The summed E-state index contributed by atoms with van der Waals surface area (Å²) < 4.78 is 0. The summed E-state index contributed by atoms with van der Waals surface area (Å²) in [5, 5.41) is 5.89. The zero-order valence-corrected chi connectivity index (χ0v) is 24.9. The van der Waals surface area contributed by atoms with Gasteiger partial charge in [-0.25, -0.2) is 0 Å². The van der Waals surface area contributed by atoms with Gasteiger partial charge in [0.15, 0.2) is 11.6 Å². The lowest BCUT2D eigenvalue weighted by Gasteiger charge is -2.28. The van der Waals surface area contributed by atoms with Crippen molar-refractivity contribution in [3.8, 4) is 0 Å². The number of thiophene rings is 2. The average Bonchev–Trinajstić information content (AvgIpc) is 3.75. The number of nitrogens with two attached hydrogens (primary N) is 1. The van der Waals surface area contributed by atoms with E-state index in [1.165, 1.54) is 38.1 Å². The second-order valence-electron chi connectivity index (χ2n) is 11.2. The highest BCUT2D eigenvalue weighted by molar-refractivity contribution is 7.13. The third-order valence-electron chi connectivity index (χ3n) is 8.34. The maximum absolute atomic E-state index is 12.8. The summed E-state index contributed by atoms with van der Waals surface area (Å²) >= 11 is 3.05. The van der Waals surface area contributed by atoms with Crippen LogP contribution in [-0.4, -0.2) is 11.6 Å². The van der Waals surface area contributed by atoms with E-state index < -0.39 is 0 Å². The van der Waals surface area contributed by atoms with Crippen molar-refractivity contribution in [2.75, 3.05) is 4.90 Å². The smallest absolute Gasteiger partial charge is 0.198 e. The topological polar surface area (TPSA) is 63.4 Å². The van der Waals surface area contributed by atoms with Crippen LogP contribution < -0.4 is 10.6 Å². The molecule has 0 amide bonds. The summed E-state index contributed by atoms with van der Waals surface area (Å²) in [5.41, 5.74) is 12.9. The lowest BCUT2D eigenvalue weighted by molar-refractivity contribution is 0.0990. The van der Waals surface area contributed by atoms with Crippen LogP contribution in [-0.2, 0) is 11.8 Å². The summed E-state index contributed by atoms with van der Waals surface area (Å²) in [7, 11) is 0. The molecule has 0 radical (unpaired) electrons. The molecule has 2 aliphatic carbocycles. The molecule has 0 saturated heterocycles. The highest BCUT2D eigenvalue weighted by Crippen LogP contribution is 2.48. The van der Waals surface area contributed by atoms with Gasteiger partial charge in [0.25, 0.3) is 0 Å². The summed E-state index contributed by atoms with van der Waals surface area (Å²) in [6.07, 6.45) is 6.46. The molecule has 0 atom stereocenters. The standard InChI is InChI=1S/C36H28N2O2S2/c1-36(2)24(16-33-32(36)18-28(42-33)17-29-34(39)30-20-41-21-31(30)35(29)40)15-27(19-37)38(25-10-4-3-5-11-25)26-13-12-22-8-6-7-9-23(22)14-26/h3-15,17-21H,16,37H2,1-2H3/b24-15+,27-19+. The molecule has 6 heteroatoms. The Morgan fingerprint density at radius 3 is 2.24 bits per heavy atom. The Bertz CT molecular complexity index is 1960. The summed E-state index contributed by atoms with van der Waals surface area (Å²) in [4.78, 5) is 30.1. The van der Waals surface area contributed by atoms with Crippen molar-refractivity contribution in [1.29, 1.82) is 0 Å². The number of benzene rings is 3. The van der Waals surface area contributed by atoms with Crippen molar-refractivity contribution in [3.05, 3.63) is 145 Å². The number of para-hydroxylation sites is 1. The van der Waals surface area contributed by atoms with E-state index in [1.54, 1.807) is 34.4 Å². The quantitative estimate of drug-likeness (QED) is 0.166. The average molecular weight is 585 g/mol. The first-order valence-corrected chi connectivity index (χ1v) is 15.6. The molecule has 2 aromatic heterocycles. The van der Waals surface area contributed by atoms with Crippen LogP contribution in [0.4, 0.5) is 11.4 Å². The SMILES string of the molecule is CC1(C)/C(=C/C(=C\N)N(c2ccccc2)c2ccc3ccccc3c2)Cc2sc(C=C3C(=O)c4cscc4C3=O)cc21. The molecule has 206 valence electrons. The molecule has 0 aliphatic heterocycles. The number of hydrogen-bond donors (Lipinski definition) is 1. The molecule has 2 N–H and O–H groups in total. The number of fused-ring (bicyclic) bond motifs is 3. The number of hydrogen-bond acceptors (Lipinski definition) is 6. The van der Waals surface area contributed by atoms with E-state index in [-0.39, 0.29) is 22.6 Å². The van der Waals surface area contributed by atoms with E-state index in [4.69, 9.17) is 5.73 Å². The zero-order valence-electron chi connectivity index (χ0n) is 23.3. The molecule has 2 heterocycles. The monoisotopic (exact) mass is 584 g/mol. The maximum atomic E-state index is 12.8. The molecule has 42 heavy (non-hydrogen) atoms. The number of rotatable bonds is 5. The van der Waals surface area contributed by atoms with E-state index in [0.29, 0.717) is 11.1 Å². The van der Waals surface area contributed by atoms with Crippen molar-refractivity contribution in [1.82, 2.24) is 0 Å². The summed E-state index contributed by atoms with van der Waals surface area (Å²) in [5.74, 6) is -0.339. The first-order chi connectivity index (χ1) is 20.3. The maximum Gasteiger partial charge on any atom is 0.198 e. The molecule has 0 saturated carbocycles. The largest absolute Gasteiger partial charge is 0.403 e. The first kappa shape index (κ1) is 26.4. The predicted molar refractivity (Wildman–Crippen MR) is 175 cm³/mol. The Kier molecular flexibility index (Phi) is 6.34.